The summed E-state index contributed by atoms with van der Waals surface area (Å²) in [5.74, 6) is 1.45. The number of hydrogen-bond acceptors (Lipinski definition) is 6. The zero-order valence-electron chi connectivity index (χ0n) is 20.9. The van der Waals surface area contributed by atoms with Crippen molar-refractivity contribution >= 4 is 17.8 Å². The van der Waals surface area contributed by atoms with E-state index in [2.05, 4.69) is 74.8 Å². The van der Waals surface area contributed by atoms with Crippen LogP contribution in [0, 0.1) is 5.92 Å². The number of hydrogen-bond donors (Lipinski definition) is 0. The second-order valence-corrected chi connectivity index (χ2v) is 8.72. The van der Waals surface area contributed by atoms with Gasteiger partial charge in [0.25, 0.3) is 0 Å². The lowest BCUT2D eigenvalue weighted by Gasteiger charge is -2.10. The standard InChI is InChI=1S/C8H9N.C7H8N2.C6H7N3.C5H6N4/c1-9-6-5-7-3-2-4-8(7)9;1-9-5-8-6-3-2-4-7(6)9;1-8-5-7-9-4-2-3-6(8)9;1-8-4-7-9-3-2-6-5(8)9/h2-7H,1H3;2-6H,1H3;2-5H,1H3;2-4H,1H3. The van der Waals surface area contributed by atoms with Crippen molar-refractivity contribution < 1.29 is 0 Å². The molecule has 0 radical (unpaired) electrons. The Morgan fingerprint density at radius 2 is 1.56 bits per heavy atom. The van der Waals surface area contributed by atoms with Crippen LogP contribution < -0.4 is 0 Å². The van der Waals surface area contributed by atoms with Crippen molar-refractivity contribution in [3.8, 4) is 0 Å². The third-order valence-electron chi connectivity index (χ3n) is 6.21. The van der Waals surface area contributed by atoms with E-state index in [0.29, 0.717) is 12.0 Å². The quantitative estimate of drug-likeness (QED) is 0.385. The maximum atomic E-state index is 4.22. The summed E-state index contributed by atoms with van der Waals surface area (Å²) < 4.78 is 7.39. The van der Waals surface area contributed by atoms with Crippen LogP contribution in [-0.2, 0) is 14.1 Å². The van der Waals surface area contributed by atoms with Gasteiger partial charge in [-0.3, -0.25) is 4.99 Å². The highest BCUT2D eigenvalue weighted by Gasteiger charge is 2.20. The Kier molecular flexibility index (Phi) is 6.40. The lowest BCUT2D eigenvalue weighted by Crippen LogP contribution is -2.12. The van der Waals surface area contributed by atoms with Crippen molar-refractivity contribution in [1.29, 1.82) is 0 Å². The molecule has 2 atom stereocenters. The minimum absolute atomic E-state index is 0.329. The summed E-state index contributed by atoms with van der Waals surface area (Å²) in [5, 5.41) is 8.05. The largest absolute Gasteiger partial charge is 0.354 e. The molecule has 0 saturated heterocycles. The van der Waals surface area contributed by atoms with Gasteiger partial charge >= 0.3 is 0 Å². The number of nitrogens with zero attached hydrogens (tertiary/aromatic N) is 10. The molecule has 4 aromatic rings. The Labute approximate surface area is 209 Å². The Bertz CT molecular complexity index is 1400. The maximum Gasteiger partial charge on any atom is 0.231 e. The van der Waals surface area contributed by atoms with Gasteiger partial charge in [-0.1, -0.05) is 30.4 Å². The number of fused-ring (bicyclic) bond motifs is 4. The fourth-order valence-electron chi connectivity index (χ4n) is 4.20. The molecule has 0 N–H and O–H groups in total. The average Bonchev–Trinajstić information content (AvgIpc) is 3.70. The molecular formula is C26H30N10. The maximum absolute atomic E-state index is 4.22. The first kappa shape index (κ1) is 23.2. The molecule has 0 amide bonds. The summed E-state index contributed by atoms with van der Waals surface area (Å²) in [7, 11) is 7.98. The number of rotatable bonds is 0. The molecule has 10 heteroatoms. The third-order valence-corrected chi connectivity index (χ3v) is 6.21. The highest BCUT2D eigenvalue weighted by molar-refractivity contribution is 5.65. The number of aryl methyl sites for hydroxylation is 2. The van der Waals surface area contributed by atoms with Crippen LogP contribution in [0.5, 0.6) is 0 Å². The van der Waals surface area contributed by atoms with Crippen LogP contribution in [0.4, 0.5) is 0 Å². The molecule has 184 valence electrons. The van der Waals surface area contributed by atoms with E-state index < -0.39 is 0 Å². The summed E-state index contributed by atoms with van der Waals surface area (Å²) in [5.41, 5.74) is 3.81. The molecular weight excluding hydrogens is 452 g/mol. The van der Waals surface area contributed by atoms with Crippen LogP contribution >= 0.6 is 0 Å². The number of aliphatic imine (C=N–C) groups is 1. The van der Waals surface area contributed by atoms with Gasteiger partial charge < -0.3 is 18.9 Å². The first-order chi connectivity index (χ1) is 17.5. The van der Waals surface area contributed by atoms with E-state index in [4.69, 9.17) is 0 Å². The number of likely N-dealkylation sites (N-methyl/N-ethyl adjacent to an activating group) is 1. The van der Waals surface area contributed by atoms with Crippen LogP contribution in [-0.4, -0.2) is 69.6 Å². The summed E-state index contributed by atoms with van der Waals surface area (Å²) in [6, 6.07) is 4.32. The summed E-state index contributed by atoms with van der Waals surface area (Å²) in [4.78, 5) is 12.5. The van der Waals surface area contributed by atoms with Crippen LogP contribution in [0.25, 0.3) is 11.4 Å². The second kappa shape index (κ2) is 9.95. The van der Waals surface area contributed by atoms with Crippen LogP contribution in [0.15, 0.2) is 108 Å². The third kappa shape index (κ3) is 4.65. The van der Waals surface area contributed by atoms with Crippen molar-refractivity contribution in [3.05, 3.63) is 104 Å². The predicted molar refractivity (Wildman–Crippen MR) is 141 cm³/mol. The Balaban J connectivity index is 0.0000000988. The first-order valence-corrected chi connectivity index (χ1v) is 11.7. The molecule has 0 saturated carbocycles. The second-order valence-electron chi connectivity index (χ2n) is 8.72. The van der Waals surface area contributed by atoms with E-state index in [1.54, 1.807) is 23.4 Å². The van der Waals surface area contributed by atoms with E-state index in [0.717, 1.165) is 11.4 Å². The van der Waals surface area contributed by atoms with Gasteiger partial charge in [0.2, 0.25) is 5.78 Å². The topological polar surface area (TPSA) is 76.2 Å². The number of aromatic nitrogens is 7. The Morgan fingerprint density at radius 3 is 2.33 bits per heavy atom. The molecule has 2 aliphatic heterocycles. The zero-order valence-corrected chi connectivity index (χ0v) is 20.9. The van der Waals surface area contributed by atoms with Gasteiger partial charge in [0.15, 0.2) is 0 Å². The summed E-state index contributed by atoms with van der Waals surface area (Å²) in [6.45, 7) is 0. The van der Waals surface area contributed by atoms with Crippen molar-refractivity contribution in [1.82, 2.24) is 43.1 Å². The minimum Gasteiger partial charge on any atom is -0.354 e. The van der Waals surface area contributed by atoms with E-state index in [9.17, 15) is 0 Å². The Morgan fingerprint density at radius 1 is 0.778 bits per heavy atom. The molecule has 8 rings (SSSR count). The molecule has 2 unspecified atom stereocenters. The fraction of sp³-hybridized carbons (Fsp3) is 0.231. The van der Waals surface area contributed by atoms with Crippen LogP contribution in [0.3, 0.4) is 0 Å². The van der Waals surface area contributed by atoms with E-state index in [-0.39, 0.29) is 0 Å². The number of allylic oxidation sites excluding steroid dienone is 5. The van der Waals surface area contributed by atoms with Crippen molar-refractivity contribution in [2.75, 3.05) is 14.1 Å². The van der Waals surface area contributed by atoms with Crippen LogP contribution in [0.1, 0.15) is 0 Å². The molecule has 0 aromatic carbocycles. The van der Waals surface area contributed by atoms with E-state index in [1.165, 1.54) is 11.4 Å². The van der Waals surface area contributed by atoms with Gasteiger partial charge in [-0.2, -0.15) is 10.2 Å². The van der Waals surface area contributed by atoms with Gasteiger partial charge in [-0.25, -0.2) is 14.0 Å². The molecule has 4 aliphatic rings. The summed E-state index contributed by atoms with van der Waals surface area (Å²) >= 11 is 0. The van der Waals surface area contributed by atoms with E-state index in [1.807, 2.05) is 76.6 Å². The predicted octanol–water partition coefficient (Wildman–Crippen LogP) is 3.04. The van der Waals surface area contributed by atoms with Gasteiger partial charge in [0, 0.05) is 64.1 Å². The molecule has 4 aromatic heterocycles. The zero-order chi connectivity index (χ0) is 25.1. The SMILES string of the molecule is CN1C=CC2C=CC=C21.CN1C=NC2C=CC=C21.Cn1cnn2cccc12.Cn1cnn2ccnc12. The monoisotopic (exact) mass is 482 g/mol. The molecule has 2 aliphatic carbocycles. The van der Waals surface area contributed by atoms with Gasteiger partial charge in [-0.05, 0) is 24.3 Å². The highest BCUT2D eigenvalue weighted by atomic mass is 15.4. The Hall–Kier alpha value is -4.60. The van der Waals surface area contributed by atoms with E-state index >= 15 is 0 Å². The highest BCUT2D eigenvalue weighted by Crippen LogP contribution is 2.28. The molecule has 10 nitrogen and oxygen atoms in total. The molecule has 6 heterocycles. The fourth-order valence-corrected chi connectivity index (χ4v) is 4.20. The first-order valence-electron chi connectivity index (χ1n) is 11.7. The molecule has 36 heavy (non-hydrogen) atoms. The average molecular weight is 483 g/mol. The minimum atomic E-state index is 0.329. The van der Waals surface area contributed by atoms with Gasteiger partial charge in [0.1, 0.15) is 24.3 Å². The molecule has 0 bridgehead atoms. The normalized spacial score (nSPS) is 20.0. The van der Waals surface area contributed by atoms with Crippen molar-refractivity contribution in [3.63, 3.8) is 0 Å². The van der Waals surface area contributed by atoms with Crippen molar-refractivity contribution in [2.45, 2.75) is 6.04 Å². The van der Waals surface area contributed by atoms with Crippen molar-refractivity contribution in [2.24, 2.45) is 25.0 Å². The van der Waals surface area contributed by atoms with Crippen LogP contribution in [0.2, 0.25) is 0 Å². The smallest absolute Gasteiger partial charge is 0.231 e. The lowest BCUT2D eigenvalue weighted by molar-refractivity contribution is 0.568. The lowest BCUT2D eigenvalue weighted by atomic mass is 10.1. The van der Waals surface area contributed by atoms with Gasteiger partial charge in [0.05, 0.1) is 12.5 Å². The number of imidazole rings is 1. The molecule has 0 spiro atoms. The van der Waals surface area contributed by atoms with Gasteiger partial charge in [-0.15, -0.1) is 0 Å². The molecule has 0 fully saturated rings. The summed E-state index contributed by atoms with van der Waals surface area (Å²) in [6.07, 6.45) is 27.9.